The number of carboxylic acid groups (broad SMARTS) is 1. The zero-order valence-electron chi connectivity index (χ0n) is 15.2. The van der Waals surface area contributed by atoms with Crippen LogP contribution >= 0.6 is 22.9 Å². The van der Waals surface area contributed by atoms with Crippen molar-refractivity contribution in [1.82, 2.24) is 9.55 Å². The first-order valence-electron chi connectivity index (χ1n) is 8.09. The average molecular weight is 391 g/mol. The van der Waals surface area contributed by atoms with Gasteiger partial charge in [-0.3, -0.25) is 9.36 Å². The van der Waals surface area contributed by atoms with Crippen molar-refractivity contribution in [1.29, 1.82) is 0 Å². The van der Waals surface area contributed by atoms with Crippen molar-refractivity contribution in [3.05, 3.63) is 49.8 Å². The summed E-state index contributed by atoms with van der Waals surface area (Å²) in [6, 6.07) is 5.61. The van der Waals surface area contributed by atoms with Gasteiger partial charge in [-0.25, -0.2) is 9.78 Å². The van der Waals surface area contributed by atoms with Crippen molar-refractivity contribution in [3.63, 3.8) is 0 Å². The molecule has 0 saturated carbocycles. The van der Waals surface area contributed by atoms with E-state index in [0.717, 1.165) is 21.6 Å². The minimum absolute atomic E-state index is 0.341. The summed E-state index contributed by atoms with van der Waals surface area (Å²) in [7, 11) is 0. The maximum Gasteiger partial charge on any atom is 0.329 e. The molecule has 136 valence electrons. The van der Waals surface area contributed by atoms with Gasteiger partial charge in [0.15, 0.2) is 0 Å². The Morgan fingerprint density at radius 2 is 1.92 bits per heavy atom. The van der Waals surface area contributed by atoms with Gasteiger partial charge in [0.2, 0.25) is 0 Å². The third-order valence-corrected chi connectivity index (χ3v) is 6.02. The molecular formula is C19H19ClN2O3S. The Balaban J connectivity index is 2.43. The molecule has 0 atom stereocenters. The van der Waals surface area contributed by atoms with Crippen molar-refractivity contribution in [2.75, 3.05) is 0 Å². The summed E-state index contributed by atoms with van der Waals surface area (Å²) >= 11 is 7.57. The third kappa shape index (κ3) is 2.73. The largest absolute Gasteiger partial charge is 0.480 e. The van der Waals surface area contributed by atoms with Crippen molar-refractivity contribution in [3.8, 4) is 11.1 Å². The standard InChI is InChI=1S/C19H19ClN2O3S/c1-9-8-12(6-7-13(9)20)14-10(2)26-16-15(14)17(23)22(11(3)21-16)19(4,5)18(24)25/h6-8H,1-5H3,(H,24,25). The van der Waals surface area contributed by atoms with Gasteiger partial charge >= 0.3 is 5.97 Å². The van der Waals surface area contributed by atoms with Crippen LogP contribution in [0, 0.1) is 20.8 Å². The van der Waals surface area contributed by atoms with Crippen LogP contribution in [0.25, 0.3) is 21.3 Å². The molecule has 0 radical (unpaired) electrons. The van der Waals surface area contributed by atoms with Crippen molar-refractivity contribution in [2.45, 2.75) is 40.2 Å². The van der Waals surface area contributed by atoms with E-state index < -0.39 is 11.5 Å². The van der Waals surface area contributed by atoms with Gasteiger partial charge in [0, 0.05) is 15.5 Å². The number of aromatic nitrogens is 2. The molecule has 0 aliphatic rings. The molecule has 0 saturated heterocycles. The number of nitrogens with zero attached hydrogens (tertiary/aromatic N) is 2. The molecule has 0 unspecified atom stereocenters. The van der Waals surface area contributed by atoms with Crippen molar-refractivity contribution < 1.29 is 9.90 Å². The highest BCUT2D eigenvalue weighted by Crippen LogP contribution is 2.37. The molecule has 1 N–H and O–H groups in total. The molecule has 5 nitrogen and oxygen atoms in total. The van der Waals surface area contributed by atoms with Crippen molar-refractivity contribution in [2.24, 2.45) is 0 Å². The van der Waals surface area contributed by atoms with Crippen LogP contribution in [-0.2, 0) is 10.3 Å². The van der Waals surface area contributed by atoms with Crippen LogP contribution < -0.4 is 5.56 Å². The monoisotopic (exact) mass is 390 g/mol. The van der Waals surface area contributed by atoms with Gasteiger partial charge in [0.05, 0.1) is 5.39 Å². The van der Waals surface area contributed by atoms with Crippen LogP contribution in [0.2, 0.25) is 5.02 Å². The molecule has 0 amide bonds. The molecule has 0 aliphatic carbocycles. The van der Waals surface area contributed by atoms with E-state index in [-0.39, 0.29) is 5.56 Å². The van der Waals surface area contributed by atoms with Gasteiger partial charge in [0.25, 0.3) is 5.56 Å². The number of halogens is 1. The number of hydrogen-bond acceptors (Lipinski definition) is 4. The smallest absolute Gasteiger partial charge is 0.329 e. The summed E-state index contributed by atoms with van der Waals surface area (Å²) in [5.41, 5.74) is 0.835. The molecule has 26 heavy (non-hydrogen) atoms. The number of thiophene rings is 1. The van der Waals surface area contributed by atoms with Gasteiger partial charge in [-0.05, 0) is 57.9 Å². The SMILES string of the molecule is Cc1cc(-c2c(C)sc3nc(C)n(C(C)(C)C(=O)O)c(=O)c23)ccc1Cl. The van der Waals surface area contributed by atoms with Gasteiger partial charge in [0.1, 0.15) is 16.2 Å². The maximum atomic E-state index is 13.3. The zero-order valence-corrected chi connectivity index (χ0v) is 16.7. The first kappa shape index (κ1) is 18.6. The van der Waals surface area contributed by atoms with Crippen LogP contribution in [-0.4, -0.2) is 20.6 Å². The second kappa shape index (κ2) is 6.21. The first-order valence-corrected chi connectivity index (χ1v) is 9.28. The number of aryl methyl sites for hydroxylation is 3. The fraction of sp³-hybridized carbons (Fsp3) is 0.316. The van der Waals surface area contributed by atoms with Gasteiger partial charge in [-0.1, -0.05) is 17.7 Å². The molecule has 2 aromatic heterocycles. The van der Waals surface area contributed by atoms with Crippen LogP contribution in [0.1, 0.15) is 30.1 Å². The summed E-state index contributed by atoms with van der Waals surface area (Å²) < 4.78 is 1.26. The predicted octanol–water partition coefficient (Wildman–Crippen LogP) is 4.52. The lowest BCUT2D eigenvalue weighted by atomic mass is 10.0. The van der Waals surface area contributed by atoms with E-state index in [4.69, 9.17) is 11.6 Å². The third-order valence-electron chi connectivity index (χ3n) is 4.60. The Bertz CT molecular complexity index is 1110. The van der Waals surface area contributed by atoms with Crippen LogP contribution in [0.15, 0.2) is 23.0 Å². The van der Waals surface area contributed by atoms with E-state index in [0.29, 0.717) is 21.1 Å². The Morgan fingerprint density at radius 1 is 1.27 bits per heavy atom. The molecule has 0 aliphatic heterocycles. The lowest BCUT2D eigenvalue weighted by molar-refractivity contribution is -0.145. The number of carboxylic acids is 1. The van der Waals surface area contributed by atoms with Gasteiger partial charge in [-0.2, -0.15) is 0 Å². The maximum absolute atomic E-state index is 13.3. The summed E-state index contributed by atoms with van der Waals surface area (Å²) in [6.07, 6.45) is 0. The van der Waals surface area contributed by atoms with Crippen LogP contribution in [0.4, 0.5) is 0 Å². The fourth-order valence-electron chi connectivity index (χ4n) is 3.16. The quantitative estimate of drug-likeness (QED) is 0.713. The lowest BCUT2D eigenvalue weighted by Gasteiger charge is -2.24. The molecule has 1 aromatic carbocycles. The molecule has 3 rings (SSSR count). The zero-order chi connectivity index (χ0) is 19.4. The Labute approximate surface area is 159 Å². The highest BCUT2D eigenvalue weighted by atomic mass is 35.5. The molecular weight excluding hydrogens is 372 g/mol. The van der Waals surface area contributed by atoms with Gasteiger partial charge < -0.3 is 5.11 Å². The molecule has 3 aromatic rings. The van der Waals surface area contributed by atoms with E-state index >= 15 is 0 Å². The minimum Gasteiger partial charge on any atom is -0.480 e. The summed E-state index contributed by atoms with van der Waals surface area (Å²) in [6.45, 7) is 8.51. The van der Waals surface area contributed by atoms with E-state index in [1.54, 1.807) is 13.0 Å². The second-order valence-corrected chi connectivity index (χ2v) is 8.45. The Hall–Kier alpha value is -2.18. The van der Waals surface area contributed by atoms with E-state index in [1.807, 2.05) is 26.0 Å². The molecule has 0 spiro atoms. The topological polar surface area (TPSA) is 72.2 Å². The molecule has 7 heteroatoms. The number of benzene rings is 1. The molecule has 2 heterocycles. The number of rotatable bonds is 3. The van der Waals surface area contributed by atoms with Gasteiger partial charge in [-0.15, -0.1) is 11.3 Å². The number of carbonyl (C=O) groups is 1. The minimum atomic E-state index is -1.40. The van der Waals surface area contributed by atoms with E-state index in [2.05, 4.69) is 4.98 Å². The number of hydrogen-bond donors (Lipinski definition) is 1. The molecule has 0 bridgehead atoms. The highest BCUT2D eigenvalue weighted by molar-refractivity contribution is 7.19. The normalized spacial score (nSPS) is 11.9. The van der Waals surface area contributed by atoms with E-state index in [9.17, 15) is 14.7 Å². The Morgan fingerprint density at radius 3 is 2.50 bits per heavy atom. The van der Waals surface area contributed by atoms with Crippen molar-refractivity contribution >= 4 is 39.1 Å². The summed E-state index contributed by atoms with van der Waals surface area (Å²) in [5.74, 6) is -0.699. The number of aliphatic carboxylic acids is 1. The summed E-state index contributed by atoms with van der Waals surface area (Å²) in [4.78, 5) is 31.1. The second-order valence-electron chi connectivity index (χ2n) is 6.84. The predicted molar refractivity (Wildman–Crippen MR) is 105 cm³/mol. The average Bonchev–Trinajstić information content (AvgIpc) is 2.85. The highest BCUT2D eigenvalue weighted by Gasteiger charge is 2.33. The fourth-order valence-corrected chi connectivity index (χ4v) is 4.36. The van der Waals surface area contributed by atoms with E-state index in [1.165, 1.54) is 29.8 Å². The van der Waals surface area contributed by atoms with Crippen LogP contribution in [0.5, 0.6) is 0 Å². The van der Waals surface area contributed by atoms with Crippen LogP contribution in [0.3, 0.4) is 0 Å². The lowest BCUT2D eigenvalue weighted by Crippen LogP contribution is -2.44. The number of fused-ring (bicyclic) bond motifs is 1. The first-order chi connectivity index (χ1) is 12.1. The summed E-state index contributed by atoms with van der Waals surface area (Å²) in [5, 5.41) is 10.7. The molecule has 0 fully saturated rings. The Kier molecular flexibility index (Phi) is 4.45.